The Morgan fingerprint density at radius 1 is 1.39 bits per heavy atom. The van der Waals surface area contributed by atoms with Crippen LogP contribution >= 0.6 is 22.9 Å². The average Bonchev–Trinajstić information content (AvgIpc) is 2.75. The van der Waals surface area contributed by atoms with Gasteiger partial charge in [-0.1, -0.05) is 11.6 Å². The second-order valence-corrected chi connectivity index (χ2v) is 6.15. The van der Waals surface area contributed by atoms with Crippen LogP contribution in [0, 0.1) is 6.92 Å². The van der Waals surface area contributed by atoms with Crippen molar-refractivity contribution in [2.24, 2.45) is 0 Å². The summed E-state index contributed by atoms with van der Waals surface area (Å²) in [5.74, 6) is 0.368. The molecule has 0 spiro atoms. The molecular formula is C14H12ClNOS. The molecule has 1 aliphatic rings. The first-order valence-corrected chi connectivity index (χ1v) is 7.13. The molecule has 3 rings (SSSR count). The lowest BCUT2D eigenvalue weighted by Gasteiger charge is -2.23. The summed E-state index contributed by atoms with van der Waals surface area (Å²) < 4.78 is 0.795. The van der Waals surface area contributed by atoms with Crippen molar-refractivity contribution >= 4 is 28.7 Å². The van der Waals surface area contributed by atoms with E-state index in [4.69, 9.17) is 11.6 Å². The van der Waals surface area contributed by atoms with Crippen molar-refractivity contribution in [3.63, 3.8) is 0 Å². The number of fused-ring (bicyclic) bond motifs is 1. The number of hydrogen-bond acceptors (Lipinski definition) is 3. The lowest BCUT2D eigenvalue weighted by atomic mass is 9.81. The quantitative estimate of drug-likeness (QED) is 0.788. The van der Waals surface area contributed by atoms with Gasteiger partial charge in [0.15, 0.2) is 5.78 Å². The molecule has 1 atom stereocenters. The molecule has 2 heterocycles. The lowest BCUT2D eigenvalue weighted by Crippen LogP contribution is -2.21. The molecule has 0 bridgehead atoms. The van der Waals surface area contributed by atoms with Gasteiger partial charge < -0.3 is 0 Å². The zero-order valence-electron chi connectivity index (χ0n) is 9.94. The van der Waals surface area contributed by atoms with E-state index in [1.54, 1.807) is 6.20 Å². The van der Waals surface area contributed by atoms with E-state index in [1.165, 1.54) is 11.3 Å². The third kappa shape index (κ3) is 1.88. The van der Waals surface area contributed by atoms with Gasteiger partial charge in [0.05, 0.1) is 10.0 Å². The summed E-state index contributed by atoms with van der Waals surface area (Å²) in [7, 11) is 0. The topological polar surface area (TPSA) is 30.0 Å². The second-order valence-electron chi connectivity index (χ2n) is 4.63. The molecule has 0 saturated heterocycles. The Balaban J connectivity index is 2.02. The molecule has 2 aromatic rings. The zero-order valence-corrected chi connectivity index (χ0v) is 11.5. The van der Waals surface area contributed by atoms with E-state index < -0.39 is 0 Å². The predicted molar refractivity (Wildman–Crippen MR) is 73.7 cm³/mol. The van der Waals surface area contributed by atoms with Gasteiger partial charge in [-0.15, -0.1) is 11.3 Å². The molecule has 0 aromatic carbocycles. The number of pyridine rings is 1. The summed E-state index contributed by atoms with van der Waals surface area (Å²) in [6, 6.07) is 3.92. The van der Waals surface area contributed by atoms with Crippen LogP contribution in [0.5, 0.6) is 0 Å². The van der Waals surface area contributed by atoms with Gasteiger partial charge in [-0.25, -0.2) is 0 Å². The van der Waals surface area contributed by atoms with Crippen LogP contribution in [0.1, 0.15) is 39.5 Å². The summed E-state index contributed by atoms with van der Waals surface area (Å²) in [6.07, 6.45) is 3.12. The van der Waals surface area contributed by atoms with E-state index in [9.17, 15) is 4.79 Å². The number of nitrogens with zero attached hydrogens (tertiary/aromatic N) is 1. The molecule has 0 radical (unpaired) electrons. The zero-order chi connectivity index (χ0) is 12.7. The summed E-state index contributed by atoms with van der Waals surface area (Å²) in [5.41, 5.74) is 3.85. The number of aryl methyl sites for hydroxylation is 1. The molecule has 0 amide bonds. The Kier molecular flexibility index (Phi) is 2.96. The molecule has 1 aliphatic carbocycles. The third-order valence-electron chi connectivity index (χ3n) is 3.47. The van der Waals surface area contributed by atoms with Gasteiger partial charge in [0.2, 0.25) is 0 Å². The first kappa shape index (κ1) is 11.9. The van der Waals surface area contributed by atoms with Gasteiger partial charge in [0, 0.05) is 18.2 Å². The smallest absolute Gasteiger partial charge is 0.165 e. The first-order chi connectivity index (χ1) is 8.66. The fraction of sp³-hybridized carbons (Fsp3) is 0.286. The van der Waals surface area contributed by atoms with Crippen molar-refractivity contribution in [1.82, 2.24) is 4.98 Å². The van der Waals surface area contributed by atoms with Crippen molar-refractivity contribution in [3.8, 4) is 0 Å². The number of hydrogen-bond donors (Lipinski definition) is 0. The molecule has 0 N–H and O–H groups in total. The lowest BCUT2D eigenvalue weighted by molar-refractivity contribution is 0.0962. The maximum atomic E-state index is 12.2. The summed E-state index contributed by atoms with van der Waals surface area (Å²) in [4.78, 5) is 16.6. The average molecular weight is 278 g/mol. The number of ketones is 1. The van der Waals surface area contributed by atoms with E-state index in [-0.39, 0.29) is 11.7 Å². The Morgan fingerprint density at radius 3 is 2.94 bits per heavy atom. The van der Waals surface area contributed by atoms with Crippen molar-refractivity contribution in [2.45, 2.75) is 25.7 Å². The molecule has 0 fully saturated rings. The minimum absolute atomic E-state index is 0.179. The van der Waals surface area contributed by atoms with Gasteiger partial charge in [0.1, 0.15) is 0 Å². The molecule has 0 saturated carbocycles. The van der Waals surface area contributed by atoms with E-state index in [1.807, 2.05) is 24.4 Å². The van der Waals surface area contributed by atoms with Crippen LogP contribution in [-0.2, 0) is 6.42 Å². The van der Waals surface area contributed by atoms with Gasteiger partial charge in [-0.3, -0.25) is 9.78 Å². The summed E-state index contributed by atoms with van der Waals surface area (Å²) in [6.45, 7) is 1.97. The maximum absolute atomic E-state index is 12.2. The maximum Gasteiger partial charge on any atom is 0.165 e. The van der Waals surface area contributed by atoms with Crippen molar-refractivity contribution < 1.29 is 4.79 Å². The fourth-order valence-electron chi connectivity index (χ4n) is 2.60. The highest BCUT2D eigenvalue weighted by Crippen LogP contribution is 2.38. The SMILES string of the molecule is Cc1ccnc2c1C(=O)CC(c1ccsc1Cl)C2. The first-order valence-electron chi connectivity index (χ1n) is 5.87. The largest absolute Gasteiger partial charge is 0.294 e. The van der Waals surface area contributed by atoms with Gasteiger partial charge in [-0.2, -0.15) is 0 Å². The molecule has 2 nitrogen and oxygen atoms in total. The fourth-order valence-corrected chi connectivity index (χ4v) is 3.68. The number of thiophene rings is 1. The Hall–Kier alpha value is -1.19. The highest BCUT2D eigenvalue weighted by Gasteiger charge is 2.29. The molecule has 4 heteroatoms. The number of carbonyl (C=O) groups excluding carboxylic acids is 1. The van der Waals surface area contributed by atoms with Gasteiger partial charge >= 0.3 is 0 Å². The van der Waals surface area contributed by atoms with Gasteiger partial charge in [-0.05, 0) is 47.9 Å². The minimum Gasteiger partial charge on any atom is -0.294 e. The normalized spacial score (nSPS) is 18.8. The standard InChI is InChI=1S/C14H12ClNOS/c1-8-2-4-16-11-6-9(7-12(17)13(8)11)10-3-5-18-14(10)15/h2-5,9H,6-7H2,1H3. The second kappa shape index (κ2) is 4.48. The molecule has 2 aromatic heterocycles. The van der Waals surface area contributed by atoms with Crippen LogP contribution in [0.2, 0.25) is 4.34 Å². The minimum atomic E-state index is 0.179. The predicted octanol–water partition coefficient (Wildman–Crippen LogP) is 4.02. The van der Waals surface area contributed by atoms with Crippen LogP contribution in [0.25, 0.3) is 0 Å². The highest BCUT2D eigenvalue weighted by molar-refractivity contribution is 7.14. The third-order valence-corrected chi connectivity index (χ3v) is 4.67. The van der Waals surface area contributed by atoms with Gasteiger partial charge in [0.25, 0.3) is 0 Å². The van der Waals surface area contributed by atoms with E-state index in [0.717, 1.165) is 33.1 Å². The summed E-state index contributed by atoms with van der Waals surface area (Å²) in [5, 5.41) is 1.97. The number of halogens is 1. The van der Waals surface area contributed by atoms with Crippen molar-refractivity contribution in [3.05, 3.63) is 50.4 Å². The molecule has 92 valence electrons. The molecule has 18 heavy (non-hydrogen) atoms. The van der Waals surface area contributed by atoms with Crippen LogP contribution in [0.3, 0.4) is 0 Å². The van der Waals surface area contributed by atoms with Crippen LogP contribution in [0.15, 0.2) is 23.7 Å². The Morgan fingerprint density at radius 2 is 2.22 bits per heavy atom. The number of carbonyl (C=O) groups is 1. The molecule has 0 aliphatic heterocycles. The number of rotatable bonds is 1. The van der Waals surface area contributed by atoms with Crippen molar-refractivity contribution in [2.75, 3.05) is 0 Å². The Labute approximate surface area is 115 Å². The van der Waals surface area contributed by atoms with Crippen LogP contribution in [-0.4, -0.2) is 10.8 Å². The number of aromatic nitrogens is 1. The van der Waals surface area contributed by atoms with E-state index in [0.29, 0.717) is 6.42 Å². The monoisotopic (exact) mass is 277 g/mol. The Bertz CT molecular complexity index is 620. The van der Waals surface area contributed by atoms with E-state index in [2.05, 4.69) is 4.98 Å². The molecular weight excluding hydrogens is 266 g/mol. The van der Waals surface area contributed by atoms with Crippen molar-refractivity contribution in [1.29, 1.82) is 0 Å². The summed E-state index contributed by atoms with van der Waals surface area (Å²) >= 11 is 7.68. The highest BCUT2D eigenvalue weighted by atomic mass is 35.5. The van der Waals surface area contributed by atoms with E-state index >= 15 is 0 Å². The number of Topliss-reactive ketones (excluding diaryl/α,β-unsaturated/α-hetero) is 1. The molecule has 1 unspecified atom stereocenters. The van der Waals surface area contributed by atoms with Crippen LogP contribution < -0.4 is 0 Å². The van der Waals surface area contributed by atoms with Crippen LogP contribution in [0.4, 0.5) is 0 Å².